The molecular weight excluding hydrogens is 456 g/mol. The van der Waals surface area contributed by atoms with E-state index in [9.17, 15) is 19.5 Å². The van der Waals surface area contributed by atoms with Crippen LogP contribution in [0.3, 0.4) is 0 Å². The summed E-state index contributed by atoms with van der Waals surface area (Å²) < 4.78 is 5.57. The van der Waals surface area contributed by atoms with Crippen LogP contribution >= 0.6 is 0 Å². The summed E-state index contributed by atoms with van der Waals surface area (Å²) in [5, 5.41) is 15.8. The zero-order valence-electron chi connectivity index (χ0n) is 22.1. The number of esters is 1. The number of cyclic esters (lactones) is 1. The van der Waals surface area contributed by atoms with E-state index in [1.54, 1.807) is 25.2 Å². The highest BCUT2D eigenvalue weighted by molar-refractivity contribution is 5.83. The highest BCUT2D eigenvalue weighted by Gasteiger charge is 2.24. The Kier molecular flexibility index (Phi) is 16.7. The molecule has 0 aromatic heterocycles. The number of ether oxygens (including phenoxy) is 1. The van der Waals surface area contributed by atoms with Gasteiger partial charge in [-0.3, -0.25) is 9.59 Å². The molecule has 0 fully saturated rings. The van der Waals surface area contributed by atoms with Crippen LogP contribution < -0.4 is 10.6 Å². The van der Waals surface area contributed by atoms with E-state index in [-0.39, 0.29) is 24.8 Å². The molecule has 1 aliphatic heterocycles. The molecule has 1 unspecified atom stereocenters. The lowest BCUT2D eigenvalue weighted by Crippen LogP contribution is -2.43. The van der Waals surface area contributed by atoms with Crippen molar-refractivity contribution < 1.29 is 24.2 Å². The summed E-state index contributed by atoms with van der Waals surface area (Å²) in [6, 6.07) is 0. The molecule has 1 aliphatic rings. The van der Waals surface area contributed by atoms with E-state index in [1.165, 1.54) is 31.8 Å². The molecule has 7 heteroatoms. The van der Waals surface area contributed by atoms with Crippen LogP contribution in [0.1, 0.15) is 72.1 Å². The first kappa shape index (κ1) is 31.1. The third-order valence-electron chi connectivity index (χ3n) is 5.92. The molecular formula is C29H44N2O5. The van der Waals surface area contributed by atoms with E-state index in [2.05, 4.69) is 23.6 Å². The van der Waals surface area contributed by atoms with Gasteiger partial charge in [-0.15, -0.1) is 0 Å². The lowest BCUT2D eigenvalue weighted by atomic mass is 10.0. The van der Waals surface area contributed by atoms with Gasteiger partial charge < -0.3 is 20.5 Å². The minimum atomic E-state index is -1.03. The van der Waals surface area contributed by atoms with Gasteiger partial charge in [-0.05, 0) is 31.8 Å². The molecule has 3 N–H and O–H groups in total. The van der Waals surface area contributed by atoms with Gasteiger partial charge in [0.05, 0.1) is 18.4 Å². The van der Waals surface area contributed by atoms with Gasteiger partial charge in [0, 0.05) is 19.2 Å². The maximum Gasteiger partial charge on any atom is 0.331 e. The van der Waals surface area contributed by atoms with Crippen molar-refractivity contribution in [1.29, 1.82) is 0 Å². The fourth-order valence-corrected chi connectivity index (χ4v) is 3.45. The van der Waals surface area contributed by atoms with E-state index in [0.29, 0.717) is 13.0 Å². The topological polar surface area (TPSA) is 105 Å². The number of allylic oxidation sites excluding steroid dienone is 7. The molecule has 1 heterocycles. The number of hydrogen-bond acceptors (Lipinski definition) is 5. The number of carbonyl (C=O) groups excluding carboxylic acids is 3. The van der Waals surface area contributed by atoms with Crippen molar-refractivity contribution in [1.82, 2.24) is 10.6 Å². The van der Waals surface area contributed by atoms with Crippen LogP contribution in [0.5, 0.6) is 0 Å². The number of aliphatic hydroxyl groups is 1. The summed E-state index contributed by atoms with van der Waals surface area (Å²) in [5.74, 6) is -1.87. The molecule has 0 saturated carbocycles. The van der Waals surface area contributed by atoms with Gasteiger partial charge in [0.2, 0.25) is 11.8 Å². The number of amides is 2. The normalized spacial score (nSPS) is 23.5. The Morgan fingerprint density at radius 1 is 1.08 bits per heavy atom. The molecule has 0 aromatic carbocycles. The van der Waals surface area contributed by atoms with Crippen LogP contribution in [-0.4, -0.2) is 48.2 Å². The number of carbonyl (C=O) groups is 3. The molecule has 3 atom stereocenters. The molecule has 36 heavy (non-hydrogen) atoms. The van der Waals surface area contributed by atoms with Crippen molar-refractivity contribution in [2.75, 3.05) is 13.1 Å². The number of rotatable bonds is 8. The molecule has 1 rings (SSSR count). The SMILES string of the molecule is CCCCCCC/C=C/C=C(\C)C1CC(=O)NC[C@H](O)[C@H](C)C(=O)NCCC=CC=CC=CC(=O)O1. The van der Waals surface area contributed by atoms with Gasteiger partial charge in [0.25, 0.3) is 0 Å². The maximum atomic E-state index is 12.6. The third kappa shape index (κ3) is 14.5. The number of β-amino-alcohol motifs (C(OH)–C–C–N with tert-alkyl or cyclic N) is 1. The Morgan fingerprint density at radius 2 is 1.83 bits per heavy atom. The molecule has 0 aliphatic carbocycles. The summed E-state index contributed by atoms with van der Waals surface area (Å²) in [5.41, 5.74) is 0.742. The predicted octanol–water partition coefficient (Wildman–Crippen LogP) is 4.45. The average Bonchev–Trinajstić information content (AvgIpc) is 2.86. The lowest BCUT2D eigenvalue weighted by molar-refractivity contribution is -0.143. The fourth-order valence-electron chi connectivity index (χ4n) is 3.45. The molecule has 200 valence electrons. The van der Waals surface area contributed by atoms with E-state index in [1.807, 2.05) is 31.2 Å². The summed E-state index contributed by atoms with van der Waals surface area (Å²) in [7, 11) is 0. The Labute approximate surface area is 216 Å². The lowest BCUT2D eigenvalue weighted by Gasteiger charge is -2.21. The Hall–Kier alpha value is -2.93. The summed E-state index contributed by atoms with van der Waals surface area (Å²) in [4.78, 5) is 37.2. The van der Waals surface area contributed by atoms with Crippen molar-refractivity contribution in [3.8, 4) is 0 Å². The van der Waals surface area contributed by atoms with Crippen molar-refractivity contribution >= 4 is 17.8 Å². The zero-order chi connectivity index (χ0) is 26.6. The van der Waals surface area contributed by atoms with Crippen LogP contribution in [-0.2, 0) is 19.1 Å². The van der Waals surface area contributed by atoms with Crippen LogP contribution in [0.4, 0.5) is 0 Å². The van der Waals surface area contributed by atoms with E-state index in [4.69, 9.17) is 4.74 Å². The summed E-state index contributed by atoms with van der Waals surface area (Å²) >= 11 is 0. The smallest absolute Gasteiger partial charge is 0.331 e. The standard InChI is InChI=1S/C29H44N2O5/c1-4-5-6-7-8-9-12-15-18-23(2)26-21-27(33)31-22-25(32)24(3)29(35)30-20-17-14-11-10-13-16-19-28(34)36-26/h10-16,18-19,24-26,32H,4-9,17,20-22H2,1-3H3,(H,30,35)(H,31,33)/b13-10?,14-11?,15-12+,19-16?,23-18+/t24-,25-,26?/m0/s1. The monoisotopic (exact) mass is 500 g/mol. The summed E-state index contributed by atoms with van der Waals surface area (Å²) in [6.07, 6.45) is 21.8. The van der Waals surface area contributed by atoms with Crippen molar-refractivity contribution in [2.24, 2.45) is 5.92 Å². The molecule has 0 radical (unpaired) electrons. The van der Waals surface area contributed by atoms with Gasteiger partial charge in [-0.25, -0.2) is 4.79 Å². The minimum absolute atomic E-state index is 0.0709. The molecule has 2 amide bonds. The zero-order valence-corrected chi connectivity index (χ0v) is 22.1. The first-order chi connectivity index (χ1) is 17.3. The van der Waals surface area contributed by atoms with Crippen LogP contribution in [0.15, 0.2) is 60.3 Å². The minimum Gasteiger partial charge on any atom is -0.454 e. The number of nitrogens with one attached hydrogen (secondary N) is 2. The fraction of sp³-hybridized carbons (Fsp3) is 0.552. The van der Waals surface area contributed by atoms with Gasteiger partial charge in [-0.2, -0.15) is 0 Å². The predicted molar refractivity (Wildman–Crippen MR) is 144 cm³/mol. The molecule has 0 aromatic rings. The number of unbranched alkanes of at least 4 members (excludes halogenated alkanes) is 5. The van der Waals surface area contributed by atoms with Crippen LogP contribution in [0, 0.1) is 5.92 Å². The molecule has 7 nitrogen and oxygen atoms in total. The third-order valence-corrected chi connectivity index (χ3v) is 5.92. The number of hydrogen-bond donors (Lipinski definition) is 3. The van der Waals surface area contributed by atoms with Crippen molar-refractivity contribution in [3.05, 3.63) is 60.3 Å². The summed E-state index contributed by atoms with van der Waals surface area (Å²) in [6.45, 7) is 6.01. The quantitative estimate of drug-likeness (QED) is 0.259. The average molecular weight is 501 g/mol. The van der Waals surface area contributed by atoms with E-state index in [0.717, 1.165) is 18.4 Å². The second-order valence-electron chi connectivity index (χ2n) is 9.08. The molecule has 0 saturated heterocycles. The Bertz CT molecular complexity index is 826. The Morgan fingerprint density at radius 3 is 2.61 bits per heavy atom. The van der Waals surface area contributed by atoms with Gasteiger partial charge >= 0.3 is 5.97 Å². The van der Waals surface area contributed by atoms with Gasteiger partial charge in [0.15, 0.2) is 0 Å². The second-order valence-corrected chi connectivity index (χ2v) is 9.08. The van der Waals surface area contributed by atoms with Crippen molar-refractivity contribution in [2.45, 2.75) is 84.3 Å². The number of aliphatic hydroxyl groups excluding tert-OH is 1. The highest BCUT2D eigenvalue weighted by Crippen LogP contribution is 2.13. The first-order valence-electron chi connectivity index (χ1n) is 13.1. The van der Waals surface area contributed by atoms with E-state index >= 15 is 0 Å². The second kappa shape index (κ2) is 19.3. The van der Waals surface area contributed by atoms with Crippen LogP contribution in [0.25, 0.3) is 0 Å². The van der Waals surface area contributed by atoms with Gasteiger partial charge in [0.1, 0.15) is 6.10 Å². The Balaban J connectivity index is 2.87. The molecule has 0 spiro atoms. The highest BCUT2D eigenvalue weighted by atomic mass is 16.5. The van der Waals surface area contributed by atoms with E-state index < -0.39 is 24.1 Å². The van der Waals surface area contributed by atoms with Crippen LogP contribution in [0.2, 0.25) is 0 Å². The van der Waals surface area contributed by atoms with Crippen molar-refractivity contribution in [3.63, 3.8) is 0 Å². The first-order valence-corrected chi connectivity index (χ1v) is 13.1. The molecule has 0 bridgehead atoms. The maximum absolute atomic E-state index is 12.6. The largest absolute Gasteiger partial charge is 0.454 e. The van der Waals surface area contributed by atoms with Gasteiger partial charge in [-0.1, -0.05) is 88.1 Å².